The fourth-order valence-electron chi connectivity index (χ4n) is 1.16. The molecule has 0 spiro atoms. The van der Waals surface area contributed by atoms with Gasteiger partial charge in [-0.05, 0) is 6.07 Å². The maximum Gasteiger partial charge on any atom is 0.360 e. The molecule has 0 radical (unpaired) electrons. The molecule has 0 saturated heterocycles. The van der Waals surface area contributed by atoms with E-state index in [1.165, 1.54) is 0 Å². The van der Waals surface area contributed by atoms with Crippen LogP contribution in [0.3, 0.4) is 0 Å². The second-order valence-corrected chi connectivity index (χ2v) is 6.87. The molecule has 1 heterocycles. The van der Waals surface area contributed by atoms with Gasteiger partial charge in [0.15, 0.2) is 17.1 Å². The lowest BCUT2D eigenvalue weighted by Crippen LogP contribution is -2.28. The highest BCUT2D eigenvalue weighted by Crippen LogP contribution is 2.28. The van der Waals surface area contributed by atoms with Gasteiger partial charge in [-0.25, -0.2) is 9.29 Å². The molecule has 0 aliphatic rings. The van der Waals surface area contributed by atoms with Crippen LogP contribution in [-0.2, 0) is 24.6 Å². The van der Waals surface area contributed by atoms with Gasteiger partial charge in [0.05, 0.1) is 17.7 Å². The van der Waals surface area contributed by atoms with E-state index in [2.05, 4.69) is 9.17 Å². The number of anilines is 1. The number of hydrogen-bond donors (Lipinski definition) is 1. The van der Waals surface area contributed by atoms with E-state index in [0.29, 0.717) is 0 Å². The number of aromatic nitrogens is 1. The van der Waals surface area contributed by atoms with Gasteiger partial charge in [-0.3, -0.25) is 13.5 Å². The van der Waals surface area contributed by atoms with E-state index < -0.39 is 36.8 Å². The number of aldehydes is 1. The zero-order valence-corrected chi connectivity index (χ0v) is 12.5. The predicted octanol–water partition coefficient (Wildman–Crippen LogP) is 0.122. The summed E-state index contributed by atoms with van der Waals surface area (Å²) in [5.74, 6) is -0.648. The molecule has 1 rings (SSSR count). The van der Waals surface area contributed by atoms with Crippen LogP contribution in [0.2, 0.25) is 5.02 Å². The van der Waals surface area contributed by atoms with Crippen LogP contribution in [0.1, 0.15) is 10.4 Å². The van der Waals surface area contributed by atoms with Gasteiger partial charge in [-0.15, -0.1) is 0 Å². The van der Waals surface area contributed by atoms with Crippen LogP contribution >= 0.6 is 11.6 Å². The summed E-state index contributed by atoms with van der Waals surface area (Å²) in [5, 5.41) is -1.07. The van der Waals surface area contributed by atoms with E-state index in [1.807, 2.05) is 0 Å². The van der Waals surface area contributed by atoms with Crippen LogP contribution in [-0.4, -0.2) is 46.8 Å². The van der Waals surface area contributed by atoms with Crippen molar-refractivity contribution in [2.45, 2.75) is 5.03 Å². The Hall–Kier alpha value is -1.27. The first-order valence-corrected chi connectivity index (χ1v) is 7.90. The summed E-state index contributed by atoms with van der Waals surface area (Å²) in [6, 6.07) is 0.825. The molecular formula is C8H9ClN2O7S2. The number of carbonyl (C=O) groups is 1. The lowest BCUT2D eigenvalue weighted by atomic mass is 10.3. The van der Waals surface area contributed by atoms with E-state index in [9.17, 15) is 21.6 Å². The van der Waals surface area contributed by atoms with Crippen LogP contribution < -0.4 is 4.31 Å². The summed E-state index contributed by atoms with van der Waals surface area (Å²) < 4.78 is 58.4. The minimum absolute atomic E-state index is 0.176. The molecule has 9 nitrogen and oxygen atoms in total. The van der Waals surface area contributed by atoms with Crippen LogP contribution in [0, 0.1) is 0 Å². The zero-order chi connectivity index (χ0) is 15.7. The average molecular weight is 345 g/mol. The second kappa shape index (κ2) is 5.61. The molecule has 0 fully saturated rings. The summed E-state index contributed by atoms with van der Waals surface area (Å²) >= 11 is 5.70. The molecule has 1 aromatic rings. The lowest BCUT2D eigenvalue weighted by Gasteiger charge is -2.17. The molecule has 0 bridgehead atoms. The van der Waals surface area contributed by atoms with Crippen molar-refractivity contribution in [1.29, 1.82) is 0 Å². The summed E-state index contributed by atoms with van der Waals surface area (Å²) in [4.78, 5) is 14.4. The summed E-state index contributed by atoms with van der Waals surface area (Å²) in [6.07, 6.45) is 0.176. The normalized spacial score (nSPS) is 12.2. The van der Waals surface area contributed by atoms with Crippen molar-refractivity contribution < 1.29 is 30.4 Å². The zero-order valence-electron chi connectivity index (χ0n) is 10.1. The molecule has 0 atom stereocenters. The quantitative estimate of drug-likeness (QED) is 0.452. The van der Waals surface area contributed by atoms with Gasteiger partial charge in [0.2, 0.25) is 0 Å². The number of halogens is 1. The van der Waals surface area contributed by atoms with Gasteiger partial charge in [0.25, 0.3) is 0 Å². The van der Waals surface area contributed by atoms with Gasteiger partial charge >= 0.3 is 20.4 Å². The molecule has 12 heteroatoms. The Morgan fingerprint density at radius 3 is 2.35 bits per heavy atom. The van der Waals surface area contributed by atoms with Crippen LogP contribution in [0.5, 0.6) is 0 Å². The van der Waals surface area contributed by atoms with Crippen LogP contribution in [0.4, 0.5) is 5.82 Å². The molecule has 0 unspecified atom stereocenters. The molecule has 20 heavy (non-hydrogen) atoms. The van der Waals surface area contributed by atoms with E-state index in [-0.39, 0.29) is 15.6 Å². The summed E-state index contributed by atoms with van der Waals surface area (Å²) in [7, 11) is -7.29. The van der Waals surface area contributed by atoms with Crippen molar-refractivity contribution in [1.82, 2.24) is 4.98 Å². The molecule has 0 aliphatic carbocycles. The second-order valence-electron chi connectivity index (χ2n) is 3.36. The van der Waals surface area contributed by atoms with Crippen LogP contribution in [0.25, 0.3) is 0 Å². The third-order valence-corrected chi connectivity index (χ3v) is 4.54. The van der Waals surface area contributed by atoms with E-state index in [1.54, 1.807) is 0 Å². The topological polar surface area (TPSA) is 131 Å². The Balaban J connectivity index is 3.70. The van der Waals surface area contributed by atoms with Gasteiger partial charge in [-0.2, -0.15) is 16.8 Å². The van der Waals surface area contributed by atoms with Gasteiger partial charge < -0.3 is 0 Å². The van der Waals surface area contributed by atoms with Crippen molar-refractivity contribution in [2.24, 2.45) is 0 Å². The Bertz CT molecular complexity index is 744. The SMILES string of the molecule is COS(=O)(=O)c1cc(Cl)c(C=O)c(N(C)S(=O)(=O)O)n1. The molecule has 0 aliphatic heterocycles. The van der Waals surface area contributed by atoms with Crippen molar-refractivity contribution >= 4 is 44.1 Å². The number of nitrogens with zero attached hydrogens (tertiary/aromatic N) is 2. The number of carbonyl (C=O) groups excluding carboxylic acids is 1. The maximum absolute atomic E-state index is 11.5. The molecular weight excluding hydrogens is 336 g/mol. The van der Waals surface area contributed by atoms with Crippen LogP contribution in [0.15, 0.2) is 11.1 Å². The highest BCUT2D eigenvalue weighted by atomic mass is 35.5. The summed E-state index contributed by atoms with van der Waals surface area (Å²) in [6.45, 7) is 0. The van der Waals surface area contributed by atoms with Gasteiger partial charge in [0.1, 0.15) is 0 Å². The fraction of sp³-hybridized carbons (Fsp3) is 0.250. The third-order valence-electron chi connectivity index (χ3n) is 2.20. The standard InChI is InChI=1S/C8H9ClN2O7S2/c1-11(20(15,16)17)8-5(4-12)6(9)3-7(10-8)19(13,14)18-2/h3-4H,1-2H3,(H,15,16,17). The Morgan fingerprint density at radius 2 is 1.95 bits per heavy atom. The van der Waals surface area contributed by atoms with Crippen molar-refractivity contribution in [3.63, 3.8) is 0 Å². The molecule has 1 N–H and O–H groups in total. The lowest BCUT2D eigenvalue weighted by molar-refractivity contribution is 0.112. The number of hydrogen-bond acceptors (Lipinski definition) is 7. The molecule has 1 aromatic heterocycles. The first-order chi connectivity index (χ1) is 9.04. The monoisotopic (exact) mass is 344 g/mol. The molecule has 0 amide bonds. The molecule has 0 aromatic carbocycles. The highest BCUT2D eigenvalue weighted by molar-refractivity contribution is 7.87. The first-order valence-electron chi connectivity index (χ1n) is 4.72. The van der Waals surface area contributed by atoms with E-state index in [0.717, 1.165) is 20.2 Å². The van der Waals surface area contributed by atoms with Gasteiger partial charge in [-0.1, -0.05) is 11.6 Å². The predicted molar refractivity (Wildman–Crippen MR) is 68.8 cm³/mol. The molecule has 0 saturated carbocycles. The average Bonchev–Trinajstić information content (AvgIpc) is 2.35. The van der Waals surface area contributed by atoms with Crippen molar-refractivity contribution in [2.75, 3.05) is 18.5 Å². The highest BCUT2D eigenvalue weighted by Gasteiger charge is 2.26. The number of rotatable bonds is 5. The first kappa shape index (κ1) is 16.8. The Labute approximate surface area is 120 Å². The maximum atomic E-state index is 11.5. The van der Waals surface area contributed by atoms with E-state index in [4.69, 9.17) is 16.2 Å². The third kappa shape index (κ3) is 3.24. The number of pyridine rings is 1. The smallest absolute Gasteiger partial charge is 0.298 e. The minimum Gasteiger partial charge on any atom is -0.298 e. The Kier molecular flexibility index (Phi) is 4.71. The van der Waals surface area contributed by atoms with Crippen molar-refractivity contribution in [3.8, 4) is 0 Å². The fourth-order valence-corrected chi connectivity index (χ4v) is 2.45. The molecule has 112 valence electrons. The van der Waals surface area contributed by atoms with Gasteiger partial charge in [0, 0.05) is 7.05 Å². The minimum atomic E-state index is -4.76. The summed E-state index contributed by atoms with van der Waals surface area (Å²) in [5.41, 5.74) is -0.401. The van der Waals surface area contributed by atoms with Crippen molar-refractivity contribution in [3.05, 3.63) is 16.7 Å². The Morgan fingerprint density at radius 1 is 1.40 bits per heavy atom. The van der Waals surface area contributed by atoms with E-state index >= 15 is 0 Å². The largest absolute Gasteiger partial charge is 0.360 e.